The number of nitrogens with one attached hydrogen (secondary N) is 1. The van der Waals surface area contributed by atoms with Gasteiger partial charge < -0.3 is 4.74 Å². The van der Waals surface area contributed by atoms with Gasteiger partial charge in [-0.05, 0) is 12.8 Å². The molecule has 108 valence electrons. The van der Waals surface area contributed by atoms with Crippen molar-refractivity contribution in [3.8, 4) is 0 Å². The van der Waals surface area contributed by atoms with Crippen molar-refractivity contribution in [2.45, 2.75) is 18.4 Å². The third-order valence-electron chi connectivity index (χ3n) is 2.80. The lowest BCUT2D eigenvalue weighted by molar-refractivity contribution is 0.0549. The van der Waals surface area contributed by atoms with Crippen molar-refractivity contribution in [2.75, 3.05) is 36.9 Å². The first-order chi connectivity index (χ1) is 8.18. The number of sulfonamides is 1. The van der Waals surface area contributed by atoms with Gasteiger partial charge in [-0.1, -0.05) is 0 Å². The fourth-order valence-electron chi connectivity index (χ4n) is 1.67. The van der Waals surface area contributed by atoms with Crippen LogP contribution in [0.4, 0.5) is 0 Å². The Balaban J connectivity index is 2.68. The Bertz CT molecular complexity index is 467. The van der Waals surface area contributed by atoms with Crippen LogP contribution in [0.25, 0.3) is 0 Å². The standard InChI is InChI=1S/C9H18ClNO5S2/c1-17(12,13)6-7-18(14,15)11-9(8-10)2-4-16-5-3-9/h11H,2-8H2,1H3. The Morgan fingerprint density at radius 2 is 1.72 bits per heavy atom. The first-order valence-corrected chi connectivity index (χ1v) is 9.76. The van der Waals surface area contributed by atoms with E-state index in [2.05, 4.69) is 4.72 Å². The van der Waals surface area contributed by atoms with Gasteiger partial charge in [-0.25, -0.2) is 21.6 Å². The van der Waals surface area contributed by atoms with Crippen molar-refractivity contribution in [2.24, 2.45) is 0 Å². The molecule has 1 aliphatic heterocycles. The van der Waals surface area contributed by atoms with Crippen LogP contribution >= 0.6 is 11.6 Å². The molecular formula is C9H18ClNO5S2. The van der Waals surface area contributed by atoms with Crippen LogP contribution in [-0.4, -0.2) is 59.2 Å². The van der Waals surface area contributed by atoms with E-state index in [1.165, 1.54) is 0 Å². The lowest BCUT2D eigenvalue weighted by atomic mass is 9.94. The molecule has 1 heterocycles. The normalized spacial score (nSPS) is 20.8. The number of rotatable bonds is 6. The molecule has 0 atom stereocenters. The van der Waals surface area contributed by atoms with E-state index in [0.717, 1.165) is 6.26 Å². The van der Waals surface area contributed by atoms with E-state index in [9.17, 15) is 16.8 Å². The molecule has 0 aromatic heterocycles. The minimum atomic E-state index is -3.65. The molecule has 1 saturated heterocycles. The van der Waals surface area contributed by atoms with E-state index < -0.39 is 36.9 Å². The van der Waals surface area contributed by atoms with Gasteiger partial charge in [0.15, 0.2) is 0 Å². The van der Waals surface area contributed by atoms with Gasteiger partial charge in [0.05, 0.1) is 17.0 Å². The second kappa shape index (κ2) is 6.04. The fourth-order valence-corrected chi connectivity index (χ4v) is 5.21. The molecule has 0 radical (unpaired) electrons. The van der Waals surface area contributed by atoms with Crippen LogP contribution in [0.15, 0.2) is 0 Å². The van der Waals surface area contributed by atoms with Crippen LogP contribution in [0.3, 0.4) is 0 Å². The molecule has 1 aliphatic rings. The Morgan fingerprint density at radius 3 is 2.17 bits per heavy atom. The summed E-state index contributed by atoms with van der Waals surface area (Å²) >= 11 is 5.83. The quantitative estimate of drug-likeness (QED) is 0.681. The fraction of sp³-hybridized carbons (Fsp3) is 1.00. The zero-order valence-corrected chi connectivity index (χ0v) is 12.6. The number of alkyl halides is 1. The third kappa shape index (κ3) is 5.40. The zero-order valence-electron chi connectivity index (χ0n) is 10.2. The van der Waals surface area contributed by atoms with E-state index in [0.29, 0.717) is 26.1 Å². The molecule has 0 bridgehead atoms. The second-order valence-electron chi connectivity index (χ2n) is 4.58. The van der Waals surface area contributed by atoms with Gasteiger partial charge in [-0.2, -0.15) is 0 Å². The third-order valence-corrected chi connectivity index (χ3v) is 6.00. The predicted octanol–water partition coefficient (Wildman–Crippen LogP) is -0.262. The number of halogens is 1. The minimum absolute atomic E-state index is 0.147. The van der Waals surface area contributed by atoms with Gasteiger partial charge in [-0.15, -0.1) is 11.6 Å². The molecule has 1 fully saturated rings. The maximum atomic E-state index is 11.8. The molecule has 1 rings (SSSR count). The lowest BCUT2D eigenvalue weighted by Crippen LogP contribution is -2.54. The van der Waals surface area contributed by atoms with Gasteiger partial charge in [0.1, 0.15) is 9.84 Å². The smallest absolute Gasteiger partial charge is 0.213 e. The summed E-state index contributed by atoms with van der Waals surface area (Å²) in [6, 6.07) is 0. The van der Waals surface area contributed by atoms with Crippen LogP contribution in [0.2, 0.25) is 0 Å². The highest BCUT2D eigenvalue weighted by Crippen LogP contribution is 2.23. The molecule has 0 aromatic rings. The summed E-state index contributed by atoms with van der Waals surface area (Å²) in [5.74, 6) is -0.684. The van der Waals surface area contributed by atoms with Crippen molar-refractivity contribution in [3.05, 3.63) is 0 Å². The molecule has 0 aliphatic carbocycles. The van der Waals surface area contributed by atoms with E-state index in [1.54, 1.807) is 0 Å². The second-order valence-corrected chi connectivity index (χ2v) is 8.95. The van der Waals surface area contributed by atoms with E-state index >= 15 is 0 Å². The maximum absolute atomic E-state index is 11.8. The zero-order chi connectivity index (χ0) is 13.9. The van der Waals surface area contributed by atoms with E-state index in [-0.39, 0.29) is 5.88 Å². The summed E-state index contributed by atoms with van der Waals surface area (Å²) in [5.41, 5.74) is -0.712. The predicted molar refractivity (Wildman–Crippen MR) is 70.1 cm³/mol. The molecule has 0 amide bonds. The van der Waals surface area contributed by atoms with E-state index in [4.69, 9.17) is 16.3 Å². The summed E-state index contributed by atoms with van der Waals surface area (Å²) in [7, 11) is -6.96. The number of hydrogen-bond acceptors (Lipinski definition) is 5. The summed E-state index contributed by atoms with van der Waals surface area (Å²) in [6.07, 6.45) is 2.00. The maximum Gasteiger partial charge on any atom is 0.213 e. The first-order valence-electron chi connectivity index (χ1n) is 5.51. The van der Waals surface area contributed by atoms with Crippen LogP contribution in [0, 0.1) is 0 Å². The van der Waals surface area contributed by atoms with Crippen molar-refractivity contribution in [1.29, 1.82) is 0 Å². The average molecular weight is 320 g/mol. The molecule has 0 aromatic carbocycles. The van der Waals surface area contributed by atoms with Crippen LogP contribution in [0.5, 0.6) is 0 Å². The van der Waals surface area contributed by atoms with Crippen LogP contribution in [0.1, 0.15) is 12.8 Å². The average Bonchev–Trinajstić information content (AvgIpc) is 2.27. The first kappa shape index (κ1) is 16.2. The highest BCUT2D eigenvalue weighted by atomic mass is 35.5. The molecule has 0 saturated carbocycles. The number of ether oxygens (including phenoxy) is 1. The number of hydrogen-bond donors (Lipinski definition) is 1. The van der Waals surface area contributed by atoms with Gasteiger partial charge in [0, 0.05) is 25.3 Å². The van der Waals surface area contributed by atoms with E-state index in [1.807, 2.05) is 0 Å². The topological polar surface area (TPSA) is 89.5 Å². The Labute approximate surface area is 113 Å². The monoisotopic (exact) mass is 319 g/mol. The molecule has 18 heavy (non-hydrogen) atoms. The van der Waals surface area contributed by atoms with Crippen LogP contribution in [-0.2, 0) is 24.6 Å². The molecule has 9 heteroatoms. The molecule has 1 N–H and O–H groups in total. The highest BCUT2D eigenvalue weighted by molar-refractivity contribution is 7.93. The van der Waals surface area contributed by atoms with Gasteiger partial charge in [-0.3, -0.25) is 0 Å². The summed E-state index contributed by atoms with van der Waals surface area (Å²) in [5, 5.41) is 0. The number of sulfone groups is 1. The van der Waals surface area contributed by atoms with Crippen LogP contribution < -0.4 is 4.72 Å². The summed E-state index contributed by atoms with van der Waals surface area (Å²) in [6.45, 7) is 0.892. The van der Waals surface area contributed by atoms with Crippen molar-refractivity contribution < 1.29 is 21.6 Å². The van der Waals surface area contributed by atoms with Crippen molar-refractivity contribution in [1.82, 2.24) is 4.72 Å². The highest BCUT2D eigenvalue weighted by Gasteiger charge is 2.35. The SMILES string of the molecule is CS(=O)(=O)CCS(=O)(=O)NC1(CCl)CCOCC1. The molecule has 0 unspecified atom stereocenters. The molecule has 6 nitrogen and oxygen atoms in total. The van der Waals surface area contributed by atoms with Gasteiger partial charge in [0.2, 0.25) is 10.0 Å². The summed E-state index contributed by atoms with van der Waals surface area (Å²) < 4.78 is 53.3. The Kier molecular flexibility index (Phi) is 5.43. The summed E-state index contributed by atoms with van der Waals surface area (Å²) in [4.78, 5) is 0. The lowest BCUT2D eigenvalue weighted by Gasteiger charge is -2.35. The van der Waals surface area contributed by atoms with Crippen molar-refractivity contribution >= 4 is 31.5 Å². The molecular weight excluding hydrogens is 302 g/mol. The van der Waals surface area contributed by atoms with Gasteiger partial charge >= 0.3 is 0 Å². The Hall–Kier alpha value is 0.110. The largest absolute Gasteiger partial charge is 0.381 e. The molecule has 0 spiro atoms. The minimum Gasteiger partial charge on any atom is -0.381 e. The Morgan fingerprint density at radius 1 is 1.17 bits per heavy atom. The van der Waals surface area contributed by atoms with Crippen molar-refractivity contribution in [3.63, 3.8) is 0 Å². The van der Waals surface area contributed by atoms with Gasteiger partial charge in [0.25, 0.3) is 0 Å².